The van der Waals surface area contributed by atoms with Crippen LogP contribution in [0.25, 0.3) is 16.6 Å². The molecule has 0 saturated heterocycles. The van der Waals surface area contributed by atoms with Crippen LogP contribution in [0.15, 0.2) is 47.3 Å². The fourth-order valence-electron chi connectivity index (χ4n) is 2.06. The monoisotopic (exact) mass is 306 g/mol. The minimum atomic E-state index is -0.430. The van der Waals surface area contributed by atoms with E-state index in [-0.39, 0.29) is 10.3 Å². The molecular weight excluding hydrogens is 299 g/mol. The summed E-state index contributed by atoms with van der Waals surface area (Å²) in [5.41, 5.74) is 0.780. The van der Waals surface area contributed by atoms with E-state index in [1.54, 1.807) is 28.8 Å². The Kier molecular flexibility index (Phi) is 3.16. The summed E-state index contributed by atoms with van der Waals surface area (Å²) in [6.07, 6.45) is 0. The zero-order valence-electron chi connectivity index (χ0n) is 10.1. The van der Waals surface area contributed by atoms with E-state index in [2.05, 4.69) is 4.98 Å². The summed E-state index contributed by atoms with van der Waals surface area (Å²) in [6, 6.07) is 10.9. The predicted molar refractivity (Wildman–Crippen MR) is 79.7 cm³/mol. The third kappa shape index (κ3) is 2.15. The normalized spacial score (nSPS) is 10.9. The topological polar surface area (TPSA) is 37.8 Å². The summed E-state index contributed by atoms with van der Waals surface area (Å²) in [7, 11) is 0. The number of hydrogen-bond donors (Lipinski definition) is 1. The molecule has 0 bridgehead atoms. The molecule has 1 N–H and O–H groups in total. The van der Waals surface area contributed by atoms with Crippen molar-refractivity contribution in [3.8, 4) is 5.69 Å². The Balaban J connectivity index is 2.46. The summed E-state index contributed by atoms with van der Waals surface area (Å²) in [5, 5.41) is 0.954. The largest absolute Gasteiger partial charge is 0.298 e. The number of hydrogen-bond acceptors (Lipinski definition) is 2. The molecule has 6 heteroatoms. The minimum absolute atomic E-state index is 0.204. The molecule has 0 aliphatic rings. The third-order valence-electron chi connectivity index (χ3n) is 2.95. The van der Waals surface area contributed by atoms with Gasteiger partial charge in [0.2, 0.25) is 0 Å². The van der Waals surface area contributed by atoms with Gasteiger partial charge in [0.15, 0.2) is 4.77 Å². The highest BCUT2D eigenvalue weighted by molar-refractivity contribution is 7.71. The lowest BCUT2D eigenvalue weighted by Gasteiger charge is -2.11. The first-order valence-corrected chi connectivity index (χ1v) is 6.55. The van der Waals surface area contributed by atoms with Crippen LogP contribution in [0.4, 0.5) is 4.39 Å². The van der Waals surface area contributed by atoms with Crippen molar-refractivity contribution in [1.82, 2.24) is 9.55 Å². The van der Waals surface area contributed by atoms with Crippen LogP contribution in [0.3, 0.4) is 0 Å². The molecule has 1 aromatic heterocycles. The first kappa shape index (κ1) is 13.0. The number of H-pyrrole nitrogens is 1. The summed E-state index contributed by atoms with van der Waals surface area (Å²) in [5.74, 6) is -0.430. The van der Waals surface area contributed by atoms with Gasteiger partial charge in [-0.25, -0.2) is 4.39 Å². The summed E-state index contributed by atoms with van der Waals surface area (Å²) < 4.78 is 15.3. The Labute approximate surface area is 123 Å². The van der Waals surface area contributed by atoms with E-state index >= 15 is 0 Å². The molecule has 0 amide bonds. The van der Waals surface area contributed by atoms with Crippen molar-refractivity contribution in [2.45, 2.75) is 0 Å². The summed E-state index contributed by atoms with van der Waals surface area (Å²) >= 11 is 11.0. The number of aromatic amines is 1. The Hall–Kier alpha value is -1.98. The average molecular weight is 307 g/mol. The van der Waals surface area contributed by atoms with Gasteiger partial charge in [0.1, 0.15) is 5.82 Å². The second-order valence-corrected chi connectivity index (χ2v) is 5.06. The van der Waals surface area contributed by atoms with Crippen molar-refractivity contribution in [3.63, 3.8) is 0 Å². The zero-order chi connectivity index (χ0) is 14.3. The van der Waals surface area contributed by atoms with Crippen LogP contribution in [0.1, 0.15) is 0 Å². The molecule has 3 rings (SSSR count). The van der Waals surface area contributed by atoms with Crippen LogP contribution in [-0.2, 0) is 0 Å². The van der Waals surface area contributed by atoms with Crippen molar-refractivity contribution < 1.29 is 4.39 Å². The summed E-state index contributed by atoms with van der Waals surface area (Å²) in [4.78, 5) is 14.5. The van der Waals surface area contributed by atoms with Crippen LogP contribution in [0.2, 0.25) is 5.02 Å². The predicted octanol–water partition coefficient (Wildman–Crippen LogP) is 3.84. The lowest BCUT2D eigenvalue weighted by Crippen LogP contribution is -2.13. The van der Waals surface area contributed by atoms with Crippen molar-refractivity contribution >= 4 is 34.7 Å². The van der Waals surface area contributed by atoms with E-state index in [9.17, 15) is 9.18 Å². The second kappa shape index (κ2) is 4.85. The molecule has 1 heterocycles. The van der Waals surface area contributed by atoms with Crippen LogP contribution in [0.5, 0.6) is 0 Å². The SMILES string of the molecule is O=c1[nH]c(=S)n(-c2ccc(Cl)cc2)c2cc(F)ccc12. The van der Waals surface area contributed by atoms with E-state index in [1.165, 1.54) is 18.2 Å². The Morgan fingerprint density at radius 2 is 1.85 bits per heavy atom. The molecule has 0 saturated carbocycles. The maximum atomic E-state index is 13.5. The maximum absolute atomic E-state index is 13.5. The van der Waals surface area contributed by atoms with Gasteiger partial charge < -0.3 is 0 Å². The quantitative estimate of drug-likeness (QED) is 0.694. The second-order valence-electron chi connectivity index (χ2n) is 4.23. The molecular formula is C14H8ClFN2OS. The van der Waals surface area contributed by atoms with Crippen LogP contribution >= 0.6 is 23.8 Å². The van der Waals surface area contributed by atoms with Crippen molar-refractivity contribution in [2.24, 2.45) is 0 Å². The molecule has 0 radical (unpaired) electrons. The molecule has 3 aromatic rings. The van der Waals surface area contributed by atoms with E-state index in [4.69, 9.17) is 23.8 Å². The number of benzene rings is 2. The van der Waals surface area contributed by atoms with Crippen LogP contribution in [-0.4, -0.2) is 9.55 Å². The molecule has 3 nitrogen and oxygen atoms in total. The van der Waals surface area contributed by atoms with Crippen molar-refractivity contribution in [3.05, 3.63) is 68.4 Å². The highest BCUT2D eigenvalue weighted by Gasteiger charge is 2.08. The first-order valence-electron chi connectivity index (χ1n) is 5.77. The van der Waals surface area contributed by atoms with Crippen LogP contribution in [0, 0.1) is 10.6 Å². The molecule has 20 heavy (non-hydrogen) atoms. The van der Waals surface area contributed by atoms with Gasteiger partial charge >= 0.3 is 0 Å². The standard InChI is InChI=1S/C14H8ClFN2OS/c15-8-1-4-10(5-2-8)18-12-7-9(16)3-6-11(12)13(19)17-14(18)20/h1-7H,(H,17,19,20). The highest BCUT2D eigenvalue weighted by atomic mass is 35.5. The third-order valence-corrected chi connectivity index (χ3v) is 3.49. The van der Waals surface area contributed by atoms with E-state index in [1.807, 2.05) is 0 Å². The Bertz CT molecular complexity index is 915. The fraction of sp³-hybridized carbons (Fsp3) is 0. The molecule has 0 aliphatic heterocycles. The molecule has 0 fully saturated rings. The molecule has 100 valence electrons. The number of halogens is 2. The van der Waals surface area contributed by atoms with Crippen molar-refractivity contribution in [2.75, 3.05) is 0 Å². The van der Waals surface area contributed by atoms with E-state index in [0.717, 1.165) is 0 Å². The lowest BCUT2D eigenvalue weighted by atomic mass is 10.2. The highest BCUT2D eigenvalue weighted by Crippen LogP contribution is 2.19. The molecule has 0 spiro atoms. The fourth-order valence-corrected chi connectivity index (χ4v) is 2.48. The van der Waals surface area contributed by atoms with Gasteiger partial charge in [-0.3, -0.25) is 14.3 Å². The summed E-state index contributed by atoms with van der Waals surface area (Å²) in [6.45, 7) is 0. The Morgan fingerprint density at radius 1 is 1.15 bits per heavy atom. The van der Waals surface area contributed by atoms with Gasteiger partial charge in [-0.1, -0.05) is 11.6 Å². The molecule has 2 aromatic carbocycles. The Morgan fingerprint density at radius 3 is 2.55 bits per heavy atom. The first-order chi connectivity index (χ1) is 9.56. The van der Waals surface area contributed by atoms with Crippen LogP contribution < -0.4 is 5.56 Å². The number of fused-ring (bicyclic) bond motifs is 1. The number of aromatic nitrogens is 2. The average Bonchev–Trinajstić information content (AvgIpc) is 2.40. The number of nitrogens with zero attached hydrogens (tertiary/aromatic N) is 1. The zero-order valence-corrected chi connectivity index (χ0v) is 11.6. The van der Waals surface area contributed by atoms with Gasteiger partial charge in [-0.2, -0.15) is 0 Å². The molecule has 0 unspecified atom stereocenters. The van der Waals surface area contributed by atoms with Gasteiger partial charge in [-0.15, -0.1) is 0 Å². The van der Waals surface area contributed by atoms with Gasteiger partial charge in [0.05, 0.1) is 10.9 Å². The number of rotatable bonds is 1. The number of nitrogens with one attached hydrogen (secondary N) is 1. The molecule has 0 atom stereocenters. The van der Waals surface area contributed by atoms with Gasteiger partial charge in [-0.05, 0) is 54.7 Å². The van der Waals surface area contributed by atoms with E-state index in [0.29, 0.717) is 21.6 Å². The van der Waals surface area contributed by atoms with E-state index < -0.39 is 5.82 Å². The van der Waals surface area contributed by atoms with Crippen molar-refractivity contribution in [1.29, 1.82) is 0 Å². The maximum Gasteiger partial charge on any atom is 0.259 e. The van der Waals surface area contributed by atoms with Gasteiger partial charge in [0, 0.05) is 10.7 Å². The lowest BCUT2D eigenvalue weighted by molar-refractivity contribution is 0.629. The smallest absolute Gasteiger partial charge is 0.259 e. The van der Waals surface area contributed by atoms with Gasteiger partial charge in [0.25, 0.3) is 5.56 Å². The molecule has 0 aliphatic carbocycles. The minimum Gasteiger partial charge on any atom is -0.298 e.